The molecule has 0 atom stereocenters. The predicted octanol–water partition coefficient (Wildman–Crippen LogP) is 3.16. The number of urea groups is 1. The summed E-state index contributed by atoms with van der Waals surface area (Å²) >= 11 is 0. The molecule has 1 aromatic carbocycles. The SMILES string of the molecule is CCCCNC(=O)Nc1cnn(Cc2ccc(C)cc2)c1. The van der Waals surface area contributed by atoms with Gasteiger partial charge in [-0.15, -0.1) is 0 Å². The van der Waals surface area contributed by atoms with E-state index in [1.165, 1.54) is 11.1 Å². The molecule has 0 unspecified atom stereocenters. The monoisotopic (exact) mass is 286 g/mol. The maximum atomic E-state index is 11.6. The molecule has 0 radical (unpaired) electrons. The van der Waals surface area contributed by atoms with Gasteiger partial charge in [-0.05, 0) is 18.9 Å². The van der Waals surface area contributed by atoms with E-state index in [2.05, 4.69) is 53.8 Å². The zero-order valence-electron chi connectivity index (χ0n) is 12.6. The highest BCUT2D eigenvalue weighted by Gasteiger charge is 2.04. The molecule has 0 aliphatic heterocycles. The fourth-order valence-electron chi connectivity index (χ4n) is 1.95. The number of amides is 2. The van der Waals surface area contributed by atoms with E-state index in [1.54, 1.807) is 6.20 Å². The van der Waals surface area contributed by atoms with E-state index < -0.39 is 0 Å². The zero-order chi connectivity index (χ0) is 15.1. The Balaban J connectivity index is 1.86. The second kappa shape index (κ2) is 7.47. The normalized spacial score (nSPS) is 10.4. The minimum atomic E-state index is -0.182. The number of anilines is 1. The molecule has 0 bridgehead atoms. The molecule has 0 spiro atoms. The van der Waals surface area contributed by atoms with Gasteiger partial charge in [0.15, 0.2) is 0 Å². The summed E-state index contributed by atoms with van der Waals surface area (Å²) in [5.74, 6) is 0. The highest BCUT2D eigenvalue weighted by molar-refractivity contribution is 5.88. The molecule has 2 N–H and O–H groups in total. The number of carbonyl (C=O) groups is 1. The lowest BCUT2D eigenvalue weighted by Gasteiger charge is -2.04. The van der Waals surface area contributed by atoms with Crippen molar-refractivity contribution in [3.63, 3.8) is 0 Å². The molecule has 0 fully saturated rings. The van der Waals surface area contributed by atoms with Gasteiger partial charge in [-0.3, -0.25) is 4.68 Å². The average molecular weight is 286 g/mol. The summed E-state index contributed by atoms with van der Waals surface area (Å²) < 4.78 is 1.81. The molecule has 0 saturated heterocycles. The second-order valence-electron chi connectivity index (χ2n) is 5.15. The number of carbonyl (C=O) groups excluding carboxylic acids is 1. The molecule has 21 heavy (non-hydrogen) atoms. The van der Waals surface area contributed by atoms with Gasteiger partial charge in [0.1, 0.15) is 0 Å². The summed E-state index contributed by atoms with van der Waals surface area (Å²) in [5.41, 5.74) is 3.13. The van der Waals surface area contributed by atoms with Crippen LogP contribution < -0.4 is 10.6 Å². The van der Waals surface area contributed by atoms with Gasteiger partial charge in [-0.2, -0.15) is 5.10 Å². The van der Waals surface area contributed by atoms with E-state index in [4.69, 9.17) is 0 Å². The van der Waals surface area contributed by atoms with Gasteiger partial charge in [-0.1, -0.05) is 43.2 Å². The Bertz CT molecular complexity index is 574. The fourth-order valence-corrected chi connectivity index (χ4v) is 1.95. The minimum absolute atomic E-state index is 0.182. The first-order chi connectivity index (χ1) is 10.2. The molecule has 0 aliphatic carbocycles. The molecular weight excluding hydrogens is 264 g/mol. The van der Waals surface area contributed by atoms with Gasteiger partial charge in [0, 0.05) is 12.7 Å². The predicted molar refractivity (Wildman–Crippen MR) is 84.4 cm³/mol. The number of hydrogen-bond donors (Lipinski definition) is 2. The van der Waals surface area contributed by atoms with Gasteiger partial charge < -0.3 is 10.6 Å². The van der Waals surface area contributed by atoms with Crippen molar-refractivity contribution in [2.24, 2.45) is 0 Å². The number of unbranched alkanes of at least 4 members (excludes halogenated alkanes) is 1. The maximum Gasteiger partial charge on any atom is 0.319 e. The number of aromatic nitrogens is 2. The van der Waals surface area contributed by atoms with E-state index >= 15 is 0 Å². The Morgan fingerprint density at radius 2 is 2.05 bits per heavy atom. The Hall–Kier alpha value is -2.30. The number of aryl methyl sites for hydroxylation is 1. The van der Waals surface area contributed by atoms with Crippen LogP contribution in [0.25, 0.3) is 0 Å². The fraction of sp³-hybridized carbons (Fsp3) is 0.375. The molecule has 1 heterocycles. The first-order valence-corrected chi connectivity index (χ1v) is 7.30. The summed E-state index contributed by atoms with van der Waals surface area (Å²) in [4.78, 5) is 11.6. The molecule has 1 aromatic heterocycles. The third kappa shape index (κ3) is 4.95. The maximum absolute atomic E-state index is 11.6. The molecule has 5 heteroatoms. The van der Waals surface area contributed by atoms with Crippen molar-refractivity contribution in [2.75, 3.05) is 11.9 Å². The lowest BCUT2D eigenvalue weighted by Crippen LogP contribution is -2.29. The number of hydrogen-bond acceptors (Lipinski definition) is 2. The van der Waals surface area contributed by atoms with Crippen LogP contribution in [0, 0.1) is 6.92 Å². The van der Waals surface area contributed by atoms with Crippen molar-refractivity contribution in [2.45, 2.75) is 33.2 Å². The van der Waals surface area contributed by atoms with Gasteiger partial charge in [0.05, 0.1) is 18.4 Å². The quantitative estimate of drug-likeness (QED) is 0.801. The molecule has 2 aromatic rings. The standard InChI is InChI=1S/C16H22N4O/c1-3-4-9-17-16(21)19-15-10-18-20(12-15)11-14-7-5-13(2)6-8-14/h5-8,10,12H,3-4,9,11H2,1-2H3,(H2,17,19,21). The van der Waals surface area contributed by atoms with Crippen LogP contribution in [-0.2, 0) is 6.54 Å². The van der Waals surface area contributed by atoms with E-state index in [1.807, 2.05) is 10.9 Å². The average Bonchev–Trinajstić information content (AvgIpc) is 2.89. The third-order valence-electron chi connectivity index (χ3n) is 3.17. The van der Waals surface area contributed by atoms with Gasteiger partial charge in [0.2, 0.25) is 0 Å². The Labute approximate surface area is 125 Å². The molecule has 0 saturated carbocycles. The van der Waals surface area contributed by atoms with Crippen LogP contribution in [0.5, 0.6) is 0 Å². The van der Waals surface area contributed by atoms with Gasteiger partial charge >= 0.3 is 6.03 Å². The molecule has 2 rings (SSSR count). The Kier molecular flexibility index (Phi) is 5.37. The molecule has 5 nitrogen and oxygen atoms in total. The van der Waals surface area contributed by atoms with Crippen molar-refractivity contribution < 1.29 is 4.79 Å². The highest BCUT2D eigenvalue weighted by Crippen LogP contribution is 2.09. The van der Waals surface area contributed by atoms with Crippen LogP contribution in [0.1, 0.15) is 30.9 Å². The van der Waals surface area contributed by atoms with Crippen molar-refractivity contribution in [1.29, 1.82) is 0 Å². The van der Waals surface area contributed by atoms with E-state index in [9.17, 15) is 4.79 Å². The Morgan fingerprint density at radius 3 is 2.76 bits per heavy atom. The lowest BCUT2D eigenvalue weighted by molar-refractivity contribution is 0.252. The molecule has 0 aliphatic rings. The van der Waals surface area contributed by atoms with E-state index in [0.717, 1.165) is 12.8 Å². The summed E-state index contributed by atoms with van der Waals surface area (Å²) in [6.07, 6.45) is 5.54. The topological polar surface area (TPSA) is 59.0 Å². The third-order valence-corrected chi connectivity index (χ3v) is 3.17. The molecule has 112 valence electrons. The minimum Gasteiger partial charge on any atom is -0.338 e. The number of benzene rings is 1. The summed E-state index contributed by atoms with van der Waals surface area (Å²) in [7, 11) is 0. The largest absolute Gasteiger partial charge is 0.338 e. The zero-order valence-corrected chi connectivity index (χ0v) is 12.6. The van der Waals surface area contributed by atoms with Crippen molar-refractivity contribution in [3.05, 3.63) is 47.8 Å². The van der Waals surface area contributed by atoms with Crippen molar-refractivity contribution >= 4 is 11.7 Å². The van der Waals surface area contributed by atoms with Crippen LogP contribution in [0.3, 0.4) is 0 Å². The highest BCUT2D eigenvalue weighted by atomic mass is 16.2. The van der Waals surface area contributed by atoms with Crippen LogP contribution in [0.2, 0.25) is 0 Å². The Morgan fingerprint density at radius 1 is 1.29 bits per heavy atom. The first kappa shape index (κ1) is 15.1. The summed E-state index contributed by atoms with van der Waals surface area (Å²) in [6.45, 7) is 5.55. The van der Waals surface area contributed by atoms with Crippen molar-refractivity contribution in [1.82, 2.24) is 15.1 Å². The van der Waals surface area contributed by atoms with Crippen molar-refractivity contribution in [3.8, 4) is 0 Å². The number of nitrogens with zero attached hydrogens (tertiary/aromatic N) is 2. The van der Waals surface area contributed by atoms with Gasteiger partial charge in [-0.25, -0.2) is 4.79 Å². The second-order valence-corrected chi connectivity index (χ2v) is 5.15. The van der Waals surface area contributed by atoms with Crippen LogP contribution in [0.4, 0.5) is 10.5 Å². The molecular formula is C16H22N4O. The van der Waals surface area contributed by atoms with Crippen LogP contribution >= 0.6 is 0 Å². The van der Waals surface area contributed by atoms with Crippen LogP contribution in [-0.4, -0.2) is 22.4 Å². The van der Waals surface area contributed by atoms with E-state index in [0.29, 0.717) is 18.8 Å². The van der Waals surface area contributed by atoms with E-state index in [-0.39, 0.29) is 6.03 Å². The lowest BCUT2D eigenvalue weighted by atomic mass is 10.1. The number of rotatable bonds is 6. The van der Waals surface area contributed by atoms with Crippen LogP contribution in [0.15, 0.2) is 36.7 Å². The number of nitrogens with one attached hydrogen (secondary N) is 2. The summed E-state index contributed by atoms with van der Waals surface area (Å²) in [5, 5.41) is 9.85. The van der Waals surface area contributed by atoms with Gasteiger partial charge in [0.25, 0.3) is 0 Å². The molecule has 2 amide bonds. The summed E-state index contributed by atoms with van der Waals surface area (Å²) in [6, 6.07) is 8.15. The smallest absolute Gasteiger partial charge is 0.319 e. The first-order valence-electron chi connectivity index (χ1n) is 7.30.